The summed E-state index contributed by atoms with van der Waals surface area (Å²) < 4.78 is 6.61. The van der Waals surface area contributed by atoms with Crippen LogP contribution in [0.3, 0.4) is 0 Å². The minimum absolute atomic E-state index is 0.327. The fraction of sp³-hybridized carbons (Fsp3) is 0.273. The molecule has 2 aromatic heterocycles. The molecule has 0 aromatic carbocycles. The second-order valence-electron chi connectivity index (χ2n) is 3.42. The van der Waals surface area contributed by atoms with E-state index in [1.54, 1.807) is 30.8 Å². The maximum absolute atomic E-state index is 11.7. The number of ether oxygens (including phenoxy) is 1. The zero-order chi connectivity index (χ0) is 11.7. The third kappa shape index (κ3) is 1.41. The quantitative estimate of drug-likeness (QED) is 0.773. The van der Waals surface area contributed by atoms with Crippen molar-refractivity contribution in [2.24, 2.45) is 7.05 Å². The van der Waals surface area contributed by atoms with E-state index in [0.29, 0.717) is 23.6 Å². The predicted molar refractivity (Wildman–Crippen MR) is 61.1 cm³/mol. The average molecular weight is 219 g/mol. The van der Waals surface area contributed by atoms with Gasteiger partial charge in [0.1, 0.15) is 5.65 Å². The number of nitrogens with zero attached hydrogens (tertiary/aromatic N) is 2. The Balaban J connectivity index is 2.66. The molecule has 5 heteroatoms. The fourth-order valence-corrected chi connectivity index (χ4v) is 1.73. The van der Waals surface area contributed by atoms with Crippen LogP contribution in [0.25, 0.3) is 11.0 Å². The molecule has 5 nitrogen and oxygen atoms in total. The molecule has 2 N–H and O–H groups in total. The molecule has 2 heterocycles. The molecule has 0 fully saturated rings. The van der Waals surface area contributed by atoms with Gasteiger partial charge in [0.15, 0.2) is 5.69 Å². The van der Waals surface area contributed by atoms with Gasteiger partial charge in [0.2, 0.25) is 0 Å². The van der Waals surface area contributed by atoms with Gasteiger partial charge in [-0.15, -0.1) is 0 Å². The lowest BCUT2D eigenvalue weighted by Gasteiger charge is -2.03. The van der Waals surface area contributed by atoms with Crippen LogP contribution in [0, 0.1) is 0 Å². The second kappa shape index (κ2) is 3.84. The van der Waals surface area contributed by atoms with Crippen molar-refractivity contribution in [2.45, 2.75) is 6.92 Å². The molecule has 0 saturated carbocycles. The fourth-order valence-electron chi connectivity index (χ4n) is 1.73. The highest BCUT2D eigenvalue weighted by Gasteiger charge is 2.20. The molecule has 2 aromatic rings. The predicted octanol–water partition coefficient (Wildman–Crippen LogP) is 1.33. The van der Waals surface area contributed by atoms with Gasteiger partial charge in [-0.05, 0) is 19.1 Å². The summed E-state index contributed by atoms with van der Waals surface area (Å²) in [5.41, 5.74) is 7.37. The highest BCUT2D eigenvalue weighted by atomic mass is 16.5. The minimum Gasteiger partial charge on any atom is -0.461 e. The SMILES string of the molecule is CCOC(=O)c1c(N)c2cccnc2n1C. The largest absolute Gasteiger partial charge is 0.461 e. The van der Waals surface area contributed by atoms with Gasteiger partial charge in [0.25, 0.3) is 0 Å². The van der Waals surface area contributed by atoms with E-state index in [9.17, 15) is 4.79 Å². The summed E-state index contributed by atoms with van der Waals surface area (Å²) >= 11 is 0. The van der Waals surface area contributed by atoms with Gasteiger partial charge in [-0.3, -0.25) is 0 Å². The maximum Gasteiger partial charge on any atom is 0.357 e. The van der Waals surface area contributed by atoms with Crippen LogP contribution in [0.1, 0.15) is 17.4 Å². The van der Waals surface area contributed by atoms with Gasteiger partial charge < -0.3 is 15.0 Å². The molecule has 2 rings (SSSR count). The number of hydrogen-bond donors (Lipinski definition) is 1. The Morgan fingerprint density at radius 2 is 2.38 bits per heavy atom. The number of carbonyl (C=O) groups is 1. The summed E-state index contributed by atoms with van der Waals surface area (Å²) in [6, 6.07) is 3.62. The van der Waals surface area contributed by atoms with E-state index in [1.807, 2.05) is 6.07 Å². The molecule has 84 valence electrons. The number of anilines is 1. The first-order valence-electron chi connectivity index (χ1n) is 5.02. The topological polar surface area (TPSA) is 70.1 Å². The monoisotopic (exact) mass is 219 g/mol. The maximum atomic E-state index is 11.7. The van der Waals surface area contributed by atoms with E-state index >= 15 is 0 Å². The van der Waals surface area contributed by atoms with Crippen molar-refractivity contribution in [3.63, 3.8) is 0 Å². The van der Waals surface area contributed by atoms with Crippen molar-refractivity contribution in [2.75, 3.05) is 12.3 Å². The molecule has 0 saturated heterocycles. The van der Waals surface area contributed by atoms with Crippen molar-refractivity contribution in [3.05, 3.63) is 24.0 Å². The number of nitrogen functional groups attached to an aromatic ring is 1. The number of rotatable bonds is 2. The smallest absolute Gasteiger partial charge is 0.357 e. The molecule has 0 radical (unpaired) electrons. The standard InChI is InChI=1S/C11H13N3O2/c1-3-16-11(15)9-8(12)7-5-4-6-13-10(7)14(9)2/h4-6H,3,12H2,1-2H3. The molecule has 0 amide bonds. The van der Waals surface area contributed by atoms with Gasteiger partial charge in [-0.1, -0.05) is 0 Å². The number of fused-ring (bicyclic) bond motifs is 1. The van der Waals surface area contributed by atoms with Crippen LogP contribution in [-0.4, -0.2) is 22.1 Å². The second-order valence-corrected chi connectivity index (χ2v) is 3.42. The molecule has 16 heavy (non-hydrogen) atoms. The summed E-state index contributed by atoms with van der Waals surface area (Å²) in [7, 11) is 1.75. The molecule has 0 aliphatic carbocycles. The van der Waals surface area contributed by atoms with Gasteiger partial charge in [0.05, 0.1) is 12.3 Å². The van der Waals surface area contributed by atoms with Crippen LogP contribution < -0.4 is 5.73 Å². The lowest BCUT2D eigenvalue weighted by molar-refractivity contribution is 0.0517. The third-order valence-corrected chi connectivity index (χ3v) is 2.45. The van der Waals surface area contributed by atoms with Crippen molar-refractivity contribution in [1.82, 2.24) is 9.55 Å². The first kappa shape index (κ1) is 10.5. The van der Waals surface area contributed by atoms with Crippen LogP contribution in [0.15, 0.2) is 18.3 Å². The molecule has 0 atom stereocenters. The van der Waals surface area contributed by atoms with E-state index in [4.69, 9.17) is 10.5 Å². The van der Waals surface area contributed by atoms with Crippen molar-refractivity contribution >= 4 is 22.7 Å². The molecular weight excluding hydrogens is 206 g/mol. The number of pyridine rings is 1. The number of aryl methyl sites for hydroxylation is 1. The summed E-state index contributed by atoms with van der Waals surface area (Å²) in [4.78, 5) is 15.9. The van der Waals surface area contributed by atoms with Crippen LogP contribution >= 0.6 is 0 Å². The molecule has 0 spiro atoms. The Labute approximate surface area is 92.8 Å². The van der Waals surface area contributed by atoms with Crippen LogP contribution in [0.5, 0.6) is 0 Å². The third-order valence-electron chi connectivity index (χ3n) is 2.45. The molecular formula is C11H13N3O2. The van der Waals surface area contributed by atoms with Crippen molar-refractivity contribution in [1.29, 1.82) is 0 Å². The van der Waals surface area contributed by atoms with Crippen LogP contribution in [0.4, 0.5) is 5.69 Å². The Bertz CT molecular complexity index is 506. The van der Waals surface area contributed by atoms with E-state index in [1.165, 1.54) is 0 Å². The minimum atomic E-state index is -0.416. The Kier molecular flexibility index (Phi) is 2.52. The van der Waals surface area contributed by atoms with Crippen molar-refractivity contribution in [3.8, 4) is 0 Å². The van der Waals surface area contributed by atoms with Crippen molar-refractivity contribution < 1.29 is 9.53 Å². The summed E-state index contributed by atoms with van der Waals surface area (Å²) in [5.74, 6) is -0.416. The Morgan fingerprint density at radius 1 is 1.62 bits per heavy atom. The van der Waals surface area contributed by atoms with Gasteiger partial charge in [-0.25, -0.2) is 9.78 Å². The number of carbonyl (C=O) groups excluding carboxylic acids is 1. The highest BCUT2D eigenvalue weighted by Crippen LogP contribution is 2.26. The molecule has 0 aliphatic heterocycles. The number of hydrogen-bond acceptors (Lipinski definition) is 4. The van der Waals surface area contributed by atoms with E-state index < -0.39 is 5.97 Å². The van der Waals surface area contributed by atoms with E-state index in [-0.39, 0.29) is 0 Å². The van der Waals surface area contributed by atoms with E-state index in [0.717, 1.165) is 5.39 Å². The number of nitrogens with two attached hydrogens (primary N) is 1. The van der Waals surface area contributed by atoms with Gasteiger partial charge >= 0.3 is 5.97 Å². The Hall–Kier alpha value is -2.04. The zero-order valence-electron chi connectivity index (χ0n) is 9.23. The van der Waals surface area contributed by atoms with Crippen LogP contribution in [-0.2, 0) is 11.8 Å². The summed E-state index contributed by atoms with van der Waals surface area (Å²) in [6.07, 6.45) is 1.66. The summed E-state index contributed by atoms with van der Waals surface area (Å²) in [5, 5.41) is 0.771. The van der Waals surface area contributed by atoms with Gasteiger partial charge in [-0.2, -0.15) is 0 Å². The molecule has 0 aliphatic rings. The Morgan fingerprint density at radius 3 is 3.00 bits per heavy atom. The number of esters is 1. The van der Waals surface area contributed by atoms with Crippen LogP contribution in [0.2, 0.25) is 0 Å². The first-order valence-corrected chi connectivity index (χ1v) is 5.02. The number of aromatic nitrogens is 2. The van der Waals surface area contributed by atoms with Gasteiger partial charge in [0, 0.05) is 18.6 Å². The average Bonchev–Trinajstić information content (AvgIpc) is 2.53. The zero-order valence-corrected chi connectivity index (χ0v) is 9.23. The molecule has 0 bridgehead atoms. The summed E-state index contributed by atoms with van der Waals surface area (Å²) in [6.45, 7) is 2.09. The lowest BCUT2D eigenvalue weighted by Crippen LogP contribution is -2.11. The lowest BCUT2D eigenvalue weighted by atomic mass is 10.3. The normalized spacial score (nSPS) is 10.6. The highest BCUT2D eigenvalue weighted by molar-refractivity contribution is 6.04. The molecule has 0 unspecified atom stereocenters. The first-order chi connectivity index (χ1) is 7.66. The van der Waals surface area contributed by atoms with E-state index in [2.05, 4.69) is 4.98 Å².